The number of carbonyl (C=O) groups excluding carboxylic acids is 2. The molecule has 2 aliphatic heterocycles. The summed E-state index contributed by atoms with van der Waals surface area (Å²) < 4.78 is 32.5. The summed E-state index contributed by atoms with van der Waals surface area (Å²) in [5, 5.41) is 3.36. The van der Waals surface area contributed by atoms with E-state index in [1.54, 1.807) is 31.2 Å². The van der Waals surface area contributed by atoms with Gasteiger partial charge in [-0.1, -0.05) is 41.4 Å². The first kappa shape index (κ1) is 23.0. The summed E-state index contributed by atoms with van der Waals surface area (Å²) >= 11 is 12.2. The maximum atomic E-state index is 13.2. The molecule has 8 nitrogen and oxygen atoms in total. The first-order valence-corrected chi connectivity index (χ1v) is 12.1. The van der Waals surface area contributed by atoms with Crippen molar-refractivity contribution < 1.29 is 22.7 Å². The molecule has 3 amide bonds. The van der Waals surface area contributed by atoms with E-state index in [1.807, 2.05) is 0 Å². The molecule has 0 saturated carbocycles. The summed E-state index contributed by atoms with van der Waals surface area (Å²) in [6.45, 7) is 2.72. The Kier molecular flexibility index (Phi) is 6.21. The van der Waals surface area contributed by atoms with Crippen molar-refractivity contribution in [1.82, 2.24) is 14.5 Å². The van der Waals surface area contributed by atoms with Crippen LogP contribution in [-0.4, -0.2) is 55.9 Å². The SMILES string of the molecule is CC1(c2ccc(Cl)cc2Cl)NC(=O)N(Cc2cccc(S(=O)(=O)N3CCOCC3)c2)C1=O. The largest absolute Gasteiger partial charge is 0.379 e. The molecule has 2 fully saturated rings. The van der Waals surface area contributed by atoms with Gasteiger partial charge in [-0.3, -0.25) is 9.69 Å². The molecule has 0 aromatic heterocycles. The van der Waals surface area contributed by atoms with Crippen LogP contribution < -0.4 is 5.32 Å². The molecule has 1 atom stereocenters. The molecule has 32 heavy (non-hydrogen) atoms. The average Bonchev–Trinajstić information content (AvgIpc) is 2.98. The molecule has 1 N–H and O–H groups in total. The van der Waals surface area contributed by atoms with Crippen LogP contribution in [0.4, 0.5) is 4.79 Å². The van der Waals surface area contributed by atoms with Crippen LogP contribution in [0.5, 0.6) is 0 Å². The second-order valence-corrected chi connectivity index (χ2v) is 10.5. The van der Waals surface area contributed by atoms with Crippen molar-refractivity contribution in [2.75, 3.05) is 26.3 Å². The van der Waals surface area contributed by atoms with Crippen molar-refractivity contribution in [2.24, 2.45) is 0 Å². The Hall–Kier alpha value is -2.17. The maximum Gasteiger partial charge on any atom is 0.325 e. The van der Waals surface area contributed by atoms with Crippen LogP contribution in [0.2, 0.25) is 10.0 Å². The number of nitrogens with zero attached hydrogens (tertiary/aromatic N) is 2. The smallest absolute Gasteiger partial charge is 0.325 e. The van der Waals surface area contributed by atoms with Crippen molar-refractivity contribution in [2.45, 2.75) is 23.9 Å². The summed E-state index contributed by atoms with van der Waals surface area (Å²) in [5.41, 5.74) is -0.432. The Morgan fingerprint density at radius 1 is 1.09 bits per heavy atom. The summed E-state index contributed by atoms with van der Waals surface area (Å²) in [4.78, 5) is 27.0. The molecule has 2 heterocycles. The van der Waals surface area contributed by atoms with E-state index in [2.05, 4.69) is 5.32 Å². The quantitative estimate of drug-likeness (QED) is 0.640. The Labute approximate surface area is 196 Å². The number of imide groups is 1. The van der Waals surface area contributed by atoms with E-state index in [-0.39, 0.29) is 29.6 Å². The van der Waals surface area contributed by atoms with Crippen molar-refractivity contribution in [3.05, 3.63) is 63.6 Å². The predicted octanol–water partition coefficient (Wildman–Crippen LogP) is 2.98. The average molecular weight is 498 g/mol. The van der Waals surface area contributed by atoms with Crippen molar-refractivity contribution in [3.8, 4) is 0 Å². The van der Waals surface area contributed by atoms with Crippen LogP contribution >= 0.6 is 23.2 Å². The minimum absolute atomic E-state index is 0.0854. The van der Waals surface area contributed by atoms with E-state index in [0.717, 1.165) is 4.90 Å². The van der Waals surface area contributed by atoms with Crippen LogP contribution in [0.3, 0.4) is 0 Å². The van der Waals surface area contributed by atoms with Crippen LogP contribution in [0.1, 0.15) is 18.1 Å². The van der Waals surface area contributed by atoms with Gasteiger partial charge >= 0.3 is 6.03 Å². The molecule has 0 spiro atoms. The highest BCUT2D eigenvalue weighted by Crippen LogP contribution is 2.35. The third-order valence-electron chi connectivity index (χ3n) is 5.59. The van der Waals surface area contributed by atoms with Gasteiger partial charge in [0, 0.05) is 28.7 Å². The van der Waals surface area contributed by atoms with Gasteiger partial charge in [0.05, 0.1) is 24.7 Å². The highest BCUT2D eigenvalue weighted by Gasteiger charge is 2.49. The molecular formula is C21H21Cl2N3O5S. The molecule has 1 unspecified atom stereocenters. The third kappa shape index (κ3) is 4.11. The van der Waals surface area contributed by atoms with Crippen LogP contribution in [0.15, 0.2) is 47.4 Å². The minimum atomic E-state index is -3.70. The fraction of sp³-hybridized carbons (Fsp3) is 0.333. The molecule has 4 rings (SSSR count). The molecule has 2 aromatic rings. The number of ether oxygens (including phenoxy) is 1. The zero-order valence-electron chi connectivity index (χ0n) is 17.2. The lowest BCUT2D eigenvalue weighted by molar-refractivity contribution is -0.131. The van der Waals surface area contributed by atoms with Gasteiger partial charge in [-0.25, -0.2) is 13.2 Å². The van der Waals surface area contributed by atoms with Gasteiger partial charge in [0.15, 0.2) is 0 Å². The lowest BCUT2D eigenvalue weighted by atomic mass is 9.92. The van der Waals surface area contributed by atoms with Crippen LogP contribution in [0.25, 0.3) is 0 Å². The topological polar surface area (TPSA) is 96.0 Å². The van der Waals surface area contributed by atoms with Crippen molar-refractivity contribution in [3.63, 3.8) is 0 Å². The fourth-order valence-electron chi connectivity index (χ4n) is 3.84. The summed E-state index contributed by atoms with van der Waals surface area (Å²) in [7, 11) is -3.70. The summed E-state index contributed by atoms with van der Waals surface area (Å²) in [6, 6.07) is 10.3. The first-order chi connectivity index (χ1) is 15.1. The van der Waals surface area contributed by atoms with E-state index in [4.69, 9.17) is 27.9 Å². The second kappa shape index (κ2) is 8.64. The van der Waals surface area contributed by atoms with E-state index in [1.165, 1.54) is 22.5 Å². The van der Waals surface area contributed by atoms with E-state index < -0.39 is 27.5 Å². The molecule has 0 bridgehead atoms. The van der Waals surface area contributed by atoms with E-state index in [9.17, 15) is 18.0 Å². The van der Waals surface area contributed by atoms with Crippen molar-refractivity contribution >= 4 is 45.2 Å². The van der Waals surface area contributed by atoms with Gasteiger partial charge in [-0.05, 0) is 36.8 Å². The third-order valence-corrected chi connectivity index (χ3v) is 8.03. The number of halogens is 2. The number of urea groups is 1. The Balaban J connectivity index is 1.59. The van der Waals surface area contributed by atoms with Crippen molar-refractivity contribution in [1.29, 1.82) is 0 Å². The van der Waals surface area contributed by atoms with Gasteiger partial charge < -0.3 is 10.1 Å². The number of nitrogens with one attached hydrogen (secondary N) is 1. The zero-order chi connectivity index (χ0) is 23.1. The molecule has 170 valence electrons. The summed E-state index contributed by atoms with van der Waals surface area (Å²) in [5.74, 6) is -0.492. The number of benzene rings is 2. The number of sulfonamides is 1. The number of morpholine rings is 1. The lowest BCUT2D eigenvalue weighted by Gasteiger charge is -2.26. The maximum absolute atomic E-state index is 13.2. The normalized spacial score (nSPS) is 22.3. The minimum Gasteiger partial charge on any atom is -0.379 e. The van der Waals surface area contributed by atoms with Crippen LogP contribution in [-0.2, 0) is 31.6 Å². The Bertz CT molecular complexity index is 1180. The number of hydrogen-bond donors (Lipinski definition) is 1. The standard InChI is InChI=1S/C21H21Cl2N3O5S/c1-21(17-6-5-15(22)12-18(17)23)19(27)26(20(28)24-21)13-14-3-2-4-16(11-14)32(29,30)25-7-9-31-10-8-25/h2-6,11-12H,7-10,13H2,1H3,(H,24,28). The van der Waals surface area contributed by atoms with Gasteiger partial charge in [0.1, 0.15) is 5.54 Å². The van der Waals surface area contributed by atoms with Gasteiger partial charge in [-0.2, -0.15) is 4.31 Å². The molecule has 11 heteroatoms. The number of carbonyl (C=O) groups is 2. The van der Waals surface area contributed by atoms with Gasteiger partial charge in [0.25, 0.3) is 5.91 Å². The van der Waals surface area contributed by atoms with E-state index in [0.29, 0.717) is 29.4 Å². The molecule has 0 radical (unpaired) electrons. The first-order valence-electron chi connectivity index (χ1n) is 9.89. The van der Waals surface area contributed by atoms with Gasteiger partial charge in [0.2, 0.25) is 10.0 Å². The molecule has 0 aliphatic carbocycles. The molecule has 2 aromatic carbocycles. The van der Waals surface area contributed by atoms with Crippen LogP contribution in [0, 0.1) is 0 Å². The summed E-state index contributed by atoms with van der Waals surface area (Å²) in [6.07, 6.45) is 0. The Morgan fingerprint density at radius 3 is 2.50 bits per heavy atom. The lowest BCUT2D eigenvalue weighted by Crippen LogP contribution is -2.41. The number of hydrogen-bond acceptors (Lipinski definition) is 5. The highest BCUT2D eigenvalue weighted by molar-refractivity contribution is 7.89. The number of amides is 3. The second-order valence-electron chi connectivity index (χ2n) is 7.73. The predicted molar refractivity (Wildman–Crippen MR) is 119 cm³/mol. The highest BCUT2D eigenvalue weighted by atomic mass is 35.5. The van der Waals surface area contributed by atoms with Gasteiger partial charge in [-0.15, -0.1) is 0 Å². The molecular weight excluding hydrogens is 477 g/mol. The Morgan fingerprint density at radius 2 is 1.81 bits per heavy atom. The molecule has 2 saturated heterocycles. The molecule has 2 aliphatic rings. The van der Waals surface area contributed by atoms with E-state index >= 15 is 0 Å². The zero-order valence-corrected chi connectivity index (χ0v) is 19.5. The number of rotatable bonds is 5. The monoisotopic (exact) mass is 497 g/mol. The fourth-order valence-corrected chi connectivity index (χ4v) is 5.92.